The topological polar surface area (TPSA) is 56.8 Å². The summed E-state index contributed by atoms with van der Waals surface area (Å²) in [5.74, 6) is 2.01. The predicted octanol–water partition coefficient (Wildman–Crippen LogP) is 4.19. The summed E-state index contributed by atoms with van der Waals surface area (Å²) in [6, 6.07) is 13.2. The molecule has 0 bridgehead atoms. The van der Waals surface area contributed by atoms with Crippen molar-refractivity contribution in [3.8, 4) is 17.2 Å². The van der Waals surface area contributed by atoms with Gasteiger partial charge in [0.05, 0.1) is 13.2 Å². The van der Waals surface area contributed by atoms with Gasteiger partial charge in [0.15, 0.2) is 6.10 Å². The monoisotopic (exact) mass is 369 g/mol. The Morgan fingerprint density at radius 3 is 2.70 bits per heavy atom. The lowest BCUT2D eigenvalue weighted by molar-refractivity contribution is -0.128. The third kappa shape index (κ3) is 4.54. The molecule has 1 heterocycles. The van der Waals surface area contributed by atoms with Crippen molar-refractivity contribution in [2.75, 3.05) is 7.11 Å². The molecule has 2 atom stereocenters. The van der Waals surface area contributed by atoms with Gasteiger partial charge in [-0.1, -0.05) is 12.1 Å². The van der Waals surface area contributed by atoms with Crippen LogP contribution in [0.2, 0.25) is 0 Å². The predicted molar refractivity (Wildman–Crippen MR) is 104 cm³/mol. The molecule has 0 saturated heterocycles. The Morgan fingerprint density at radius 2 is 2.00 bits per heavy atom. The van der Waals surface area contributed by atoms with E-state index in [1.54, 1.807) is 14.0 Å². The van der Waals surface area contributed by atoms with Crippen molar-refractivity contribution in [3.63, 3.8) is 0 Å². The van der Waals surface area contributed by atoms with Crippen molar-refractivity contribution in [1.29, 1.82) is 0 Å². The second-order valence-electron chi connectivity index (χ2n) is 7.61. The van der Waals surface area contributed by atoms with Crippen molar-refractivity contribution in [1.82, 2.24) is 5.32 Å². The van der Waals surface area contributed by atoms with E-state index in [4.69, 9.17) is 14.2 Å². The third-order valence-corrected chi connectivity index (χ3v) is 4.67. The molecule has 0 aromatic heterocycles. The van der Waals surface area contributed by atoms with Crippen LogP contribution in [-0.4, -0.2) is 24.7 Å². The molecule has 2 aromatic rings. The molecule has 0 aliphatic carbocycles. The van der Waals surface area contributed by atoms with E-state index in [-0.39, 0.29) is 11.9 Å². The van der Waals surface area contributed by atoms with Crippen molar-refractivity contribution >= 4 is 5.91 Å². The van der Waals surface area contributed by atoms with Crippen LogP contribution in [0.25, 0.3) is 0 Å². The number of rotatable bonds is 5. The number of hydrogen-bond donors (Lipinski definition) is 1. The van der Waals surface area contributed by atoms with E-state index in [0.717, 1.165) is 22.6 Å². The maximum Gasteiger partial charge on any atom is 0.261 e. The molecule has 2 aromatic carbocycles. The first kappa shape index (κ1) is 19.1. The number of hydrogen-bond acceptors (Lipinski definition) is 4. The van der Waals surface area contributed by atoms with Crippen LogP contribution in [0.4, 0.5) is 0 Å². The molecule has 0 fully saturated rings. The van der Waals surface area contributed by atoms with Gasteiger partial charge in [-0.2, -0.15) is 0 Å². The maximum atomic E-state index is 12.7. The van der Waals surface area contributed by atoms with E-state index in [9.17, 15) is 4.79 Å². The molecular weight excluding hydrogens is 342 g/mol. The van der Waals surface area contributed by atoms with Crippen molar-refractivity contribution in [2.45, 2.75) is 51.9 Å². The second kappa shape index (κ2) is 7.51. The van der Waals surface area contributed by atoms with Gasteiger partial charge >= 0.3 is 0 Å². The van der Waals surface area contributed by atoms with Crippen molar-refractivity contribution < 1.29 is 19.0 Å². The number of nitrogens with one attached hydrogen (secondary N) is 1. The first-order valence-electron chi connectivity index (χ1n) is 9.18. The number of benzene rings is 2. The molecule has 1 aliphatic heterocycles. The molecule has 0 radical (unpaired) electrons. The van der Waals surface area contributed by atoms with Crippen LogP contribution in [0.5, 0.6) is 17.2 Å². The van der Waals surface area contributed by atoms with Crippen LogP contribution in [0, 0.1) is 6.92 Å². The maximum absolute atomic E-state index is 12.7. The standard InChI is InChI=1S/C22H27NO4/c1-14-7-6-8-17(11-14)26-15(2)21(24)23-19-13-22(3,4)27-20-12-16(25-5)9-10-18(19)20/h6-12,15,19H,13H2,1-5H3,(H,23,24)/t15-,19-/m1/s1. The largest absolute Gasteiger partial charge is 0.497 e. The highest BCUT2D eigenvalue weighted by Gasteiger charge is 2.35. The molecule has 5 heteroatoms. The molecule has 0 spiro atoms. The minimum atomic E-state index is -0.598. The fourth-order valence-electron chi connectivity index (χ4n) is 3.32. The van der Waals surface area contributed by atoms with Gasteiger partial charge in [-0.15, -0.1) is 0 Å². The highest BCUT2D eigenvalue weighted by Crippen LogP contribution is 2.41. The number of ether oxygens (including phenoxy) is 3. The quantitative estimate of drug-likeness (QED) is 0.859. The van der Waals surface area contributed by atoms with Gasteiger partial charge in [0, 0.05) is 18.1 Å². The van der Waals surface area contributed by atoms with E-state index in [0.29, 0.717) is 12.2 Å². The Hall–Kier alpha value is -2.69. The van der Waals surface area contributed by atoms with E-state index >= 15 is 0 Å². The average Bonchev–Trinajstić information content (AvgIpc) is 2.60. The van der Waals surface area contributed by atoms with E-state index < -0.39 is 11.7 Å². The summed E-state index contributed by atoms with van der Waals surface area (Å²) in [7, 11) is 1.62. The zero-order valence-corrected chi connectivity index (χ0v) is 16.5. The Bertz CT molecular complexity index is 831. The van der Waals surface area contributed by atoms with Crippen LogP contribution in [-0.2, 0) is 4.79 Å². The summed E-state index contributed by atoms with van der Waals surface area (Å²) >= 11 is 0. The number of amides is 1. The zero-order valence-electron chi connectivity index (χ0n) is 16.5. The second-order valence-corrected chi connectivity index (χ2v) is 7.61. The van der Waals surface area contributed by atoms with Crippen LogP contribution in [0.3, 0.4) is 0 Å². The molecule has 1 N–H and O–H groups in total. The first-order chi connectivity index (χ1) is 12.8. The molecule has 5 nitrogen and oxygen atoms in total. The normalized spacial score (nSPS) is 18.6. The summed E-state index contributed by atoms with van der Waals surface area (Å²) in [4.78, 5) is 12.7. The Kier molecular flexibility index (Phi) is 5.31. The molecule has 0 unspecified atom stereocenters. The fraction of sp³-hybridized carbons (Fsp3) is 0.409. The van der Waals surface area contributed by atoms with Gasteiger partial charge < -0.3 is 19.5 Å². The molecule has 1 amide bonds. The highest BCUT2D eigenvalue weighted by atomic mass is 16.5. The SMILES string of the molecule is COc1ccc2c(c1)OC(C)(C)C[C@H]2NC(=O)[C@@H](C)Oc1cccc(C)c1. The summed E-state index contributed by atoms with van der Waals surface area (Å²) in [6.45, 7) is 7.78. The van der Waals surface area contributed by atoms with E-state index in [2.05, 4.69) is 5.32 Å². The molecule has 144 valence electrons. The first-order valence-corrected chi connectivity index (χ1v) is 9.18. The van der Waals surface area contributed by atoms with Crippen LogP contribution >= 0.6 is 0 Å². The number of aryl methyl sites for hydroxylation is 1. The molecule has 27 heavy (non-hydrogen) atoms. The smallest absolute Gasteiger partial charge is 0.261 e. The Balaban J connectivity index is 1.75. The van der Waals surface area contributed by atoms with Gasteiger partial charge in [-0.05, 0) is 57.5 Å². The van der Waals surface area contributed by atoms with Gasteiger partial charge in [-0.25, -0.2) is 0 Å². The summed E-state index contributed by atoms with van der Waals surface area (Å²) in [5, 5.41) is 3.12. The molecule has 0 saturated carbocycles. The van der Waals surface area contributed by atoms with Crippen molar-refractivity contribution in [3.05, 3.63) is 53.6 Å². The zero-order chi connectivity index (χ0) is 19.6. The Labute approximate surface area is 160 Å². The van der Waals surface area contributed by atoms with Crippen LogP contribution in [0.1, 0.15) is 44.4 Å². The fourth-order valence-corrected chi connectivity index (χ4v) is 3.32. The van der Waals surface area contributed by atoms with Crippen molar-refractivity contribution in [2.24, 2.45) is 0 Å². The van der Waals surface area contributed by atoms with E-state index in [1.807, 2.05) is 63.2 Å². The number of carbonyl (C=O) groups excluding carboxylic acids is 1. The van der Waals surface area contributed by atoms with Gasteiger partial charge in [0.25, 0.3) is 5.91 Å². The summed E-state index contributed by atoms with van der Waals surface area (Å²) in [5.41, 5.74) is 1.65. The summed E-state index contributed by atoms with van der Waals surface area (Å²) < 4.78 is 17.2. The number of fused-ring (bicyclic) bond motifs is 1. The lowest BCUT2D eigenvalue weighted by Crippen LogP contribution is -2.44. The van der Waals surface area contributed by atoms with Gasteiger partial charge in [0.1, 0.15) is 22.8 Å². The number of methoxy groups -OCH3 is 1. The molecular formula is C22H27NO4. The molecule has 3 rings (SSSR count). The lowest BCUT2D eigenvalue weighted by Gasteiger charge is -2.38. The van der Waals surface area contributed by atoms with E-state index in [1.165, 1.54) is 0 Å². The Morgan fingerprint density at radius 1 is 1.22 bits per heavy atom. The average molecular weight is 369 g/mol. The van der Waals surface area contributed by atoms with Gasteiger partial charge in [0.2, 0.25) is 0 Å². The van der Waals surface area contributed by atoms with Crippen LogP contribution in [0.15, 0.2) is 42.5 Å². The number of carbonyl (C=O) groups is 1. The van der Waals surface area contributed by atoms with Crippen LogP contribution < -0.4 is 19.5 Å². The minimum Gasteiger partial charge on any atom is -0.497 e. The highest BCUT2D eigenvalue weighted by molar-refractivity contribution is 5.81. The minimum absolute atomic E-state index is 0.147. The summed E-state index contributed by atoms with van der Waals surface area (Å²) in [6.07, 6.45) is 0.0781. The molecule has 1 aliphatic rings. The van der Waals surface area contributed by atoms with Gasteiger partial charge in [-0.3, -0.25) is 4.79 Å². The lowest BCUT2D eigenvalue weighted by atomic mass is 9.89. The third-order valence-electron chi connectivity index (χ3n) is 4.67.